The van der Waals surface area contributed by atoms with Crippen LogP contribution in [0, 0.1) is 25.2 Å². The maximum Gasteiger partial charge on any atom is 0.276 e. The topological polar surface area (TPSA) is 299 Å². The van der Waals surface area contributed by atoms with E-state index in [0.29, 0.717) is 81.9 Å². The van der Waals surface area contributed by atoms with Crippen LogP contribution in [-0.2, 0) is 26.2 Å². The Morgan fingerprint density at radius 1 is 0.739 bits per heavy atom. The number of hydrogen-bond acceptors (Lipinski definition) is 12. The number of carbonyl (C=O) groups excluding carboxylic acids is 4. The van der Waals surface area contributed by atoms with Gasteiger partial charge in [0.25, 0.3) is 11.8 Å². The van der Waals surface area contributed by atoms with Gasteiger partial charge in [0.2, 0.25) is 23.7 Å². The Morgan fingerprint density at radius 3 is 1.72 bits per heavy atom. The highest BCUT2D eigenvalue weighted by atomic mass is 16.5. The van der Waals surface area contributed by atoms with E-state index in [9.17, 15) is 19.2 Å². The summed E-state index contributed by atoms with van der Waals surface area (Å²) in [4.78, 5) is 63.9. The van der Waals surface area contributed by atoms with Crippen LogP contribution in [0.4, 0.5) is 11.9 Å². The highest BCUT2D eigenvalue weighted by molar-refractivity contribution is 6.05. The van der Waals surface area contributed by atoms with Crippen LogP contribution >= 0.6 is 0 Å². The van der Waals surface area contributed by atoms with E-state index in [-0.39, 0.29) is 48.7 Å². The monoisotopic (exact) mass is 944 g/mol. The number of benzene rings is 2. The number of likely N-dealkylation sites (tertiary alicyclic amines) is 1. The minimum atomic E-state index is -0.682. The number of amides is 4. The lowest BCUT2D eigenvalue weighted by Crippen LogP contribution is -2.42. The number of piperidine rings is 1. The van der Waals surface area contributed by atoms with Gasteiger partial charge in [-0.3, -0.25) is 44.6 Å². The molecule has 1 saturated heterocycles. The Morgan fingerprint density at radius 2 is 1.25 bits per heavy atom. The van der Waals surface area contributed by atoms with E-state index < -0.39 is 23.6 Å². The van der Waals surface area contributed by atoms with Crippen LogP contribution in [0.25, 0.3) is 22.1 Å². The van der Waals surface area contributed by atoms with Crippen molar-refractivity contribution in [3.63, 3.8) is 0 Å². The Bertz CT molecular complexity index is 2950. The molecule has 0 spiro atoms. The van der Waals surface area contributed by atoms with E-state index in [0.717, 1.165) is 38.9 Å². The van der Waals surface area contributed by atoms with Gasteiger partial charge in [0, 0.05) is 56.9 Å². The first-order valence-corrected chi connectivity index (χ1v) is 22.9. The lowest BCUT2D eigenvalue weighted by molar-refractivity contribution is 0.0991. The second-order valence-electron chi connectivity index (χ2n) is 16.7. The molecule has 6 aromatic rings. The number of hydrogen-bond donors (Lipinski definition) is 7. The maximum absolute atomic E-state index is 13.9. The van der Waals surface area contributed by atoms with Crippen LogP contribution in [0.3, 0.4) is 0 Å². The molecule has 2 aromatic carbocycles. The third kappa shape index (κ3) is 11.2. The summed E-state index contributed by atoms with van der Waals surface area (Å²) in [5.41, 5.74) is 21.2. The quantitative estimate of drug-likeness (QED) is 0.0233. The zero-order chi connectivity index (χ0) is 49.4. The molecule has 22 nitrogen and oxygen atoms in total. The van der Waals surface area contributed by atoms with Crippen molar-refractivity contribution in [3.05, 3.63) is 94.6 Å². The van der Waals surface area contributed by atoms with Gasteiger partial charge in [-0.05, 0) is 95.8 Å². The highest BCUT2D eigenvalue weighted by Gasteiger charge is 2.24. The summed E-state index contributed by atoms with van der Waals surface area (Å²) >= 11 is 0. The number of rotatable bonds is 21. The second-order valence-corrected chi connectivity index (χ2v) is 16.7. The van der Waals surface area contributed by atoms with Crippen LogP contribution in [0.5, 0.6) is 11.5 Å². The number of imidazole rings is 2. The minimum absolute atomic E-state index is 0.133. The first-order valence-electron chi connectivity index (χ1n) is 22.9. The van der Waals surface area contributed by atoms with Gasteiger partial charge in [-0.15, -0.1) is 0 Å². The molecule has 4 amide bonds. The third-order valence-corrected chi connectivity index (χ3v) is 11.9. The van der Waals surface area contributed by atoms with E-state index in [1.54, 1.807) is 56.6 Å². The van der Waals surface area contributed by atoms with Crippen molar-refractivity contribution in [3.8, 4) is 11.5 Å². The average molecular weight is 945 g/mol. The van der Waals surface area contributed by atoms with Crippen LogP contribution < -0.4 is 42.6 Å². The molecule has 4 aromatic heterocycles. The first kappa shape index (κ1) is 48.9. The van der Waals surface area contributed by atoms with Gasteiger partial charge >= 0.3 is 0 Å². The smallest absolute Gasteiger partial charge is 0.276 e. The van der Waals surface area contributed by atoms with Crippen molar-refractivity contribution in [2.75, 3.05) is 50.5 Å². The van der Waals surface area contributed by atoms with Gasteiger partial charge in [-0.1, -0.05) is 24.3 Å². The number of anilines is 2. The number of guanidine groups is 1. The Labute approximate surface area is 398 Å². The number of fused-ring (bicyclic) bond motifs is 2. The summed E-state index contributed by atoms with van der Waals surface area (Å²) in [6, 6.07) is 9.54. The molecule has 0 saturated carbocycles. The summed E-state index contributed by atoms with van der Waals surface area (Å²) in [7, 11) is 1.46. The standard InChI is InChI=1S/C47H60N16O6/c1-6-62-35(22-28(3)57-62)43(66)55-46-53-33-24-31(41(48)64)26-37(68-5)39(33)60(46)17-9-10-18-61-40-34(54-47(61)56-44(67)36-23-29(4)58-63(36)7-2)25-32(42(49)65)27-38(40)69-21-11-8-15-52-16-12-30-13-19-59(20-14-30)45(50)51/h8-11,22-27,30,52H,6-7,12-21H2,1-5H3,(H2,48,64)(H2,49,65)(H3,50,51)(H,53,55,66)(H,54,56,67)/b10-9+,11-8+. The number of ether oxygens (including phenoxy) is 2. The fourth-order valence-electron chi connectivity index (χ4n) is 8.43. The zero-order valence-corrected chi connectivity index (χ0v) is 39.5. The van der Waals surface area contributed by atoms with Gasteiger partial charge in [-0.2, -0.15) is 10.2 Å². The number of nitrogens with one attached hydrogen (secondary N) is 4. The second kappa shape index (κ2) is 21.7. The average Bonchev–Trinajstić information content (AvgIpc) is 4.10. The molecule has 7 rings (SSSR count). The lowest BCUT2D eigenvalue weighted by Gasteiger charge is -2.32. The number of carbonyl (C=O) groups is 4. The Hall–Kier alpha value is -8.01. The van der Waals surface area contributed by atoms with Crippen molar-refractivity contribution < 1.29 is 28.7 Å². The molecular formula is C47H60N16O6. The van der Waals surface area contributed by atoms with Gasteiger partial charge < -0.3 is 46.0 Å². The molecule has 1 aliphatic heterocycles. The number of methoxy groups -OCH3 is 1. The SMILES string of the molecule is CCn1nc(C)cc1C(=O)Nc1nc2cc(C(N)=O)cc(OC)c2n1C/C=C/Cn1c(NC(=O)c2cc(C)nn2CC)nc2cc(C(N)=O)cc(OC/C=C/CNCCC3CCN(C(=N)N)CC3)c21. The largest absolute Gasteiger partial charge is 0.494 e. The number of primary amides is 2. The fraction of sp³-hybridized carbons (Fsp3) is 0.383. The molecule has 0 aliphatic carbocycles. The molecule has 5 heterocycles. The molecule has 0 radical (unpaired) electrons. The number of allylic oxidation sites excluding steroid dienone is 2. The van der Waals surface area contributed by atoms with Crippen molar-refractivity contribution in [2.24, 2.45) is 23.1 Å². The van der Waals surface area contributed by atoms with Crippen molar-refractivity contribution in [1.29, 1.82) is 5.41 Å². The van der Waals surface area contributed by atoms with Gasteiger partial charge in [-0.25, -0.2) is 9.97 Å². The maximum atomic E-state index is 13.9. The summed E-state index contributed by atoms with van der Waals surface area (Å²) in [5, 5.41) is 25.8. The predicted octanol–water partition coefficient (Wildman–Crippen LogP) is 3.92. The molecule has 1 aliphatic rings. The molecule has 0 bridgehead atoms. The number of nitrogens with two attached hydrogens (primary N) is 3. The summed E-state index contributed by atoms with van der Waals surface area (Å²) < 4.78 is 18.7. The first-order chi connectivity index (χ1) is 33.2. The van der Waals surface area contributed by atoms with E-state index in [1.165, 1.54) is 19.2 Å². The predicted molar refractivity (Wildman–Crippen MR) is 262 cm³/mol. The van der Waals surface area contributed by atoms with Gasteiger partial charge in [0.05, 0.1) is 29.5 Å². The summed E-state index contributed by atoms with van der Waals surface area (Å²) in [6.45, 7) is 11.8. The third-order valence-electron chi connectivity index (χ3n) is 11.9. The highest BCUT2D eigenvalue weighted by Crippen LogP contribution is 2.33. The number of aromatic nitrogens is 8. The lowest BCUT2D eigenvalue weighted by atomic mass is 9.94. The van der Waals surface area contributed by atoms with Gasteiger partial charge in [0.1, 0.15) is 40.5 Å². The molecule has 22 heteroatoms. The fourth-order valence-corrected chi connectivity index (χ4v) is 8.43. The normalized spacial score (nSPS) is 13.3. The molecule has 0 unspecified atom stereocenters. The molecular weight excluding hydrogens is 885 g/mol. The van der Waals surface area contributed by atoms with E-state index in [1.807, 2.05) is 43.1 Å². The minimum Gasteiger partial charge on any atom is -0.494 e. The molecule has 10 N–H and O–H groups in total. The summed E-state index contributed by atoms with van der Waals surface area (Å²) in [5.74, 6) is -0.558. The van der Waals surface area contributed by atoms with E-state index in [4.69, 9.17) is 42.1 Å². The van der Waals surface area contributed by atoms with Crippen molar-refractivity contribution >= 4 is 63.6 Å². The van der Waals surface area contributed by atoms with E-state index in [2.05, 4.69) is 26.1 Å². The molecule has 1 fully saturated rings. The van der Waals surface area contributed by atoms with Crippen molar-refractivity contribution in [2.45, 2.75) is 73.1 Å². The Balaban J connectivity index is 1.17. The Kier molecular flexibility index (Phi) is 15.4. The van der Waals surface area contributed by atoms with Crippen LogP contribution in [0.2, 0.25) is 0 Å². The number of nitrogens with zero attached hydrogens (tertiary/aromatic N) is 9. The van der Waals surface area contributed by atoms with Crippen LogP contribution in [0.1, 0.15) is 86.2 Å². The molecule has 364 valence electrons. The van der Waals surface area contributed by atoms with E-state index >= 15 is 0 Å². The van der Waals surface area contributed by atoms with Crippen molar-refractivity contribution in [1.82, 2.24) is 48.9 Å². The summed E-state index contributed by atoms with van der Waals surface area (Å²) in [6.07, 6.45) is 10.6. The molecule has 69 heavy (non-hydrogen) atoms. The molecule has 0 atom stereocenters. The zero-order valence-electron chi connectivity index (χ0n) is 39.5. The number of aryl methyl sites for hydroxylation is 4. The van der Waals surface area contributed by atoms with Crippen LogP contribution in [0.15, 0.2) is 60.7 Å². The van der Waals surface area contributed by atoms with Crippen LogP contribution in [-0.4, -0.2) is 113 Å². The van der Waals surface area contributed by atoms with Gasteiger partial charge in [0.15, 0.2) is 5.96 Å².